The van der Waals surface area contributed by atoms with E-state index in [2.05, 4.69) is 5.32 Å². The lowest BCUT2D eigenvalue weighted by atomic mass is 9.98. The highest BCUT2D eigenvalue weighted by Crippen LogP contribution is 2.24. The molecule has 0 aromatic heterocycles. The van der Waals surface area contributed by atoms with Crippen LogP contribution in [-0.4, -0.2) is 19.6 Å². The quantitative estimate of drug-likeness (QED) is 0.629. The van der Waals surface area contributed by atoms with Gasteiger partial charge in [-0.15, -0.1) is 0 Å². The third-order valence-electron chi connectivity index (χ3n) is 4.49. The van der Waals surface area contributed by atoms with E-state index in [4.69, 9.17) is 9.47 Å². The minimum Gasteiger partial charge on any atom is -0.497 e. The van der Waals surface area contributed by atoms with E-state index in [1.807, 2.05) is 85.8 Å². The Bertz CT molecular complexity index is 874. The summed E-state index contributed by atoms with van der Waals surface area (Å²) in [4.78, 5) is 12.7. The molecular weight excluding hydrogens is 350 g/mol. The highest BCUT2D eigenvalue weighted by atomic mass is 16.5. The maximum Gasteiger partial charge on any atom is 0.225 e. The van der Waals surface area contributed by atoms with Gasteiger partial charge >= 0.3 is 0 Å². The number of nitrogens with one attached hydrogen (secondary N) is 1. The summed E-state index contributed by atoms with van der Waals surface area (Å²) in [6.07, 6.45) is 0.311. The van der Waals surface area contributed by atoms with Crippen molar-refractivity contribution in [2.45, 2.75) is 19.4 Å². The lowest BCUT2D eigenvalue weighted by Crippen LogP contribution is -2.30. The first-order valence-corrected chi connectivity index (χ1v) is 9.39. The third-order valence-corrected chi connectivity index (χ3v) is 4.49. The van der Waals surface area contributed by atoms with Crippen molar-refractivity contribution in [1.82, 2.24) is 5.32 Å². The lowest BCUT2D eigenvalue weighted by Gasteiger charge is -2.20. The normalized spacial score (nSPS) is 11.5. The second kappa shape index (κ2) is 9.60. The molecule has 4 nitrogen and oxygen atoms in total. The summed E-state index contributed by atoms with van der Waals surface area (Å²) in [6.45, 7) is 2.57. The van der Waals surface area contributed by atoms with Gasteiger partial charge in [-0.25, -0.2) is 0 Å². The average molecular weight is 375 g/mol. The number of rotatable bonds is 8. The van der Waals surface area contributed by atoms with Crippen molar-refractivity contribution in [2.75, 3.05) is 13.7 Å². The lowest BCUT2D eigenvalue weighted by molar-refractivity contribution is -0.120. The molecule has 4 heteroatoms. The molecule has 0 saturated heterocycles. The number of hydrogen-bond acceptors (Lipinski definition) is 3. The van der Waals surface area contributed by atoms with Crippen molar-refractivity contribution in [3.63, 3.8) is 0 Å². The van der Waals surface area contributed by atoms with Crippen LogP contribution in [-0.2, 0) is 11.2 Å². The molecule has 0 aliphatic heterocycles. The summed E-state index contributed by atoms with van der Waals surface area (Å²) in [5, 5.41) is 3.16. The van der Waals surface area contributed by atoms with Crippen LogP contribution in [0.3, 0.4) is 0 Å². The number of carbonyl (C=O) groups is 1. The van der Waals surface area contributed by atoms with Crippen LogP contribution in [0.15, 0.2) is 78.9 Å². The van der Waals surface area contributed by atoms with E-state index in [0.717, 1.165) is 28.2 Å². The molecule has 144 valence electrons. The molecular formula is C24H25NO3. The minimum absolute atomic E-state index is 0.0335. The molecule has 3 rings (SSSR count). The van der Waals surface area contributed by atoms with E-state index in [0.29, 0.717) is 13.0 Å². The number of amides is 1. The number of carbonyl (C=O) groups excluding carboxylic acids is 1. The number of methoxy groups -OCH3 is 1. The van der Waals surface area contributed by atoms with Gasteiger partial charge in [0.25, 0.3) is 0 Å². The van der Waals surface area contributed by atoms with Gasteiger partial charge in [0.05, 0.1) is 26.2 Å². The minimum atomic E-state index is -0.220. The Balaban J connectivity index is 1.75. The van der Waals surface area contributed by atoms with Crippen LogP contribution < -0.4 is 14.8 Å². The fourth-order valence-electron chi connectivity index (χ4n) is 3.07. The van der Waals surface area contributed by atoms with Crippen LogP contribution >= 0.6 is 0 Å². The average Bonchev–Trinajstić information content (AvgIpc) is 2.74. The smallest absolute Gasteiger partial charge is 0.225 e. The van der Waals surface area contributed by atoms with Crippen LogP contribution in [0.1, 0.15) is 29.7 Å². The zero-order valence-electron chi connectivity index (χ0n) is 16.2. The van der Waals surface area contributed by atoms with E-state index in [-0.39, 0.29) is 11.9 Å². The first-order valence-electron chi connectivity index (χ1n) is 9.39. The van der Waals surface area contributed by atoms with Gasteiger partial charge in [0, 0.05) is 0 Å². The zero-order chi connectivity index (χ0) is 19.8. The Morgan fingerprint density at radius 3 is 2.07 bits per heavy atom. The molecule has 1 amide bonds. The van der Waals surface area contributed by atoms with Crippen molar-refractivity contribution in [3.05, 3.63) is 95.6 Å². The van der Waals surface area contributed by atoms with E-state index < -0.39 is 0 Å². The second-order valence-electron chi connectivity index (χ2n) is 6.44. The molecule has 0 aliphatic carbocycles. The van der Waals surface area contributed by atoms with Crippen molar-refractivity contribution in [3.8, 4) is 11.5 Å². The topological polar surface area (TPSA) is 47.6 Å². The Labute approximate surface area is 166 Å². The van der Waals surface area contributed by atoms with E-state index in [1.165, 1.54) is 0 Å². The summed E-state index contributed by atoms with van der Waals surface area (Å²) in [5.41, 5.74) is 2.99. The summed E-state index contributed by atoms with van der Waals surface area (Å²) in [6, 6.07) is 25.2. The van der Waals surface area contributed by atoms with Crippen LogP contribution in [0.2, 0.25) is 0 Å². The maximum atomic E-state index is 12.7. The van der Waals surface area contributed by atoms with Gasteiger partial charge in [-0.05, 0) is 47.9 Å². The molecule has 1 unspecified atom stereocenters. The molecule has 0 bridgehead atoms. The number of benzene rings is 3. The van der Waals surface area contributed by atoms with Crippen molar-refractivity contribution >= 4 is 5.91 Å². The summed E-state index contributed by atoms with van der Waals surface area (Å²) in [5.74, 6) is 1.57. The predicted molar refractivity (Wildman–Crippen MR) is 111 cm³/mol. The molecule has 0 saturated carbocycles. The van der Waals surface area contributed by atoms with Crippen LogP contribution in [0.25, 0.3) is 0 Å². The zero-order valence-corrected chi connectivity index (χ0v) is 16.2. The monoisotopic (exact) mass is 375 g/mol. The molecule has 0 aliphatic rings. The maximum absolute atomic E-state index is 12.7. The molecule has 0 radical (unpaired) electrons. The van der Waals surface area contributed by atoms with Gasteiger partial charge in [0.1, 0.15) is 11.5 Å². The largest absolute Gasteiger partial charge is 0.497 e. The number of ether oxygens (including phenoxy) is 2. The van der Waals surface area contributed by atoms with Crippen LogP contribution in [0.4, 0.5) is 0 Å². The first kappa shape index (κ1) is 19.5. The Morgan fingerprint density at radius 1 is 0.857 bits per heavy atom. The molecule has 3 aromatic carbocycles. The molecule has 1 N–H and O–H groups in total. The predicted octanol–water partition coefficient (Wildman–Crippen LogP) is 4.54. The Morgan fingerprint density at radius 2 is 1.46 bits per heavy atom. The van der Waals surface area contributed by atoms with Gasteiger partial charge in [0.2, 0.25) is 5.91 Å². The molecule has 0 fully saturated rings. The SMILES string of the molecule is CCOc1ccc(CC(=O)NC(c2ccccc2)c2ccc(OC)cc2)cc1. The van der Waals surface area contributed by atoms with Gasteiger partial charge in [-0.3, -0.25) is 4.79 Å². The molecule has 0 spiro atoms. The van der Waals surface area contributed by atoms with Gasteiger partial charge in [-0.1, -0.05) is 54.6 Å². The third kappa shape index (κ3) is 5.13. The summed E-state index contributed by atoms with van der Waals surface area (Å²) < 4.78 is 10.7. The van der Waals surface area contributed by atoms with Gasteiger partial charge < -0.3 is 14.8 Å². The van der Waals surface area contributed by atoms with E-state index >= 15 is 0 Å². The highest BCUT2D eigenvalue weighted by Gasteiger charge is 2.17. The van der Waals surface area contributed by atoms with Crippen LogP contribution in [0, 0.1) is 0 Å². The van der Waals surface area contributed by atoms with Crippen molar-refractivity contribution in [2.24, 2.45) is 0 Å². The molecule has 3 aromatic rings. The van der Waals surface area contributed by atoms with E-state index in [1.54, 1.807) is 7.11 Å². The molecule has 0 heterocycles. The Kier molecular flexibility index (Phi) is 6.68. The standard InChI is InChI=1S/C24H25NO3/c1-3-28-22-13-9-18(10-14-22)17-23(26)25-24(19-7-5-4-6-8-19)20-11-15-21(27-2)16-12-20/h4-16,24H,3,17H2,1-2H3,(H,25,26). The molecule has 1 atom stereocenters. The van der Waals surface area contributed by atoms with Crippen molar-refractivity contribution in [1.29, 1.82) is 0 Å². The highest BCUT2D eigenvalue weighted by molar-refractivity contribution is 5.79. The van der Waals surface area contributed by atoms with Gasteiger partial charge in [0.15, 0.2) is 0 Å². The fraction of sp³-hybridized carbons (Fsp3) is 0.208. The summed E-state index contributed by atoms with van der Waals surface area (Å²) in [7, 11) is 1.64. The first-order chi connectivity index (χ1) is 13.7. The number of hydrogen-bond donors (Lipinski definition) is 1. The Hall–Kier alpha value is -3.27. The fourth-order valence-corrected chi connectivity index (χ4v) is 3.07. The van der Waals surface area contributed by atoms with Gasteiger partial charge in [-0.2, -0.15) is 0 Å². The molecule has 28 heavy (non-hydrogen) atoms. The van der Waals surface area contributed by atoms with Crippen molar-refractivity contribution < 1.29 is 14.3 Å². The summed E-state index contributed by atoms with van der Waals surface area (Å²) >= 11 is 0. The van der Waals surface area contributed by atoms with E-state index in [9.17, 15) is 4.79 Å². The second-order valence-corrected chi connectivity index (χ2v) is 6.44. The van der Waals surface area contributed by atoms with Crippen LogP contribution in [0.5, 0.6) is 11.5 Å².